The number of ether oxygens (including phenoxy) is 2. The van der Waals surface area contributed by atoms with Gasteiger partial charge in [0.1, 0.15) is 18.8 Å². The van der Waals surface area contributed by atoms with Gasteiger partial charge in [0.2, 0.25) is 0 Å². The summed E-state index contributed by atoms with van der Waals surface area (Å²) in [6, 6.07) is 9.23. The van der Waals surface area contributed by atoms with Crippen LogP contribution in [0.15, 0.2) is 30.3 Å². The first-order chi connectivity index (χ1) is 10.9. The lowest BCUT2D eigenvalue weighted by Crippen LogP contribution is -2.65. The molecule has 2 heterocycles. The van der Waals surface area contributed by atoms with Crippen LogP contribution >= 0.6 is 27.8 Å². The molecule has 23 heavy (non-hydrogen) atoms. The lowest BCUT2D eigenvalue weighted by Gasteiger charge is -2.44. The van der Waals surface area contributed by atoms with Crippen LogP contribution in [0.4, 0.5) is 0 Å². The third-order valence-corrected chi connectivity index (χ3v) is 4.71. The molecular weight excluding hydrogens is 394 g/mol. The number of hydrogen-bond donors (Lipinski definition) is 4. The normalized spacial score (nSPS) is 34.7. The van der Waals surface area contributed by atoms with Gasteiger partial charge in [-0.3, -0.25) is 4.29 Å². The van der Waals surface area contributed by atoms with Crippen LogP contribution in [-0.2, 0) is 9.03 Å². The van der Waals surface area contributed by atoms with E-state index in [1.807, 2.05) is 24.3 Å². The van der Waals surface area contributed by atoms with Gasteiger partial charge in [0.25, 0.3) is 0 Å². The quantitative estimate of drug-likeness (QED) is 0.568. The van der Waals surface area contributed by atoms with Gasteiger partial charge in [0, 0.05) is 17.0 Å². The van der Waals surface area contributed by atoms with E-state index in [9.17, 15) is 15.3 Å². The predicted octanol–water partition coefficient (Wildman–Crippen LogP) is 1.25. The van der Waals surface area contributed by atoms with Crippen LogP contribution in [0.2, 0.25) is 0 Å². The van der Waals surface area contributed by atoms with Crippen molar-refractivity contribution in [2.45, 2.75) is 29.1 Å². The Morgan fingerprint density at radius 2 is 2.04 bits per heavy atom. The number of benzene rings is 1. The average Bonchev–Trinajstić information content (AvgIpc) is 2.92. The standard InChI is InChI=1S/C14H15BrClNO6/c15-14(6-21-16)12(19)11(10(18)13(20)23-14)22-9-5-7-3-1-2-4-8(7)17-9/h1-5,10-13,17-20H,6H2/t10-,11-,12-,13+,14-/m1/s1. The summed E-state index contributed by atoms with van der Waals surface area (Å²) in [5.41, 5.74) is 0.841. The van der Waals surface area contributed by atoms with Crippen molar-refractivity contribution in [2.24, 2.45) is 0 Å². The van der Waals surface area contributed by atoms with E-state index in [1.54, 1.807) is 6.07 Å². The Balaban J connectivity index is 1.86. The van der Waals surface area contributed by atoms with E-state index >= 15 is 0 Å². The summed E-state index contributed by atoms with van der Waals surface area (Å²) >= 11 is 8.36. The number of halogens is 2. The first kappa shape index (κ1) is 17.0. The summed E-state index contributed by atoms with van der Waals surface area (Å²) in [4.78, 5) is 3.02. The fourth-order valence-corrected chi connectivity index (χ4v) is 3.38. The van der Waals surface area contributed by atoms with Gasteiger partial charge in [-0.2, -0.15) is 0 Å². The molecule has 1 aliphatic rings. The number of fused-ring (bicyclic) bond motifs is 1. The molecule has 1 aromatic carbocycles. The minimum absolute atomic E-state index is 0.272. The van der Waals surface area contributed by atoms with Crippen molar-refractivity contribution in [2.75, 3.05) is 6.61 Å². The maximum atomic E-state index is 10.4. The summed E-state index contributed by atoms with van der Waals surface area (Å²) < 4.78 is 13.8. The van der Waals surface area contributed by atoms with Gasteiger partial charge < -0.3 is 29.8 Å². The van der Waals surface area contributed by atoms with E-state index < -0.39 is 29.1 Å². The molecule has 5 atom stereocenters. The highest BCUT2D eigenvalue weighted by Gasteiger charge is 2.54. The van der Waals surface area contributed by atoms with Gasteiger partial charge in [-0.05, 0) is 22.0 Å². The Morgan fingerprint density at radius 3 is 2.74 bits per heavy atom. The van der Waals surface area contributed by atoms with Crippen LogP contribution in [0.3, 0.4) is 0 Å². The van der Waals surface area contributed by atoms with Gasteiger partial charge in [0.15, 0.2) is 22.8 Å². The third-order valence-electron chi connectivity index (χ3n) is 3.72. The molecule has 0 saturated carbocycles. The molecule has 126 valence electrons. The number of alkyl halides is 1. The topological polar surface area (TPSA) is 104 Å². The molecule has 7 nitrogen and oxygen atoms in total. The molecule has 0 spiro atoms. The summed E-state index contributed by atoms with van der Waals surface area (Å²) in [6.07, 6.45) is -5.57. The molecule has 9 heteroatoms. The molecule has 1 aliphatic heterocycles. The molecule has 2 aromatic rings. The summed E-state index contributed by atoms with van der Waals surface area (Å²) in [5.74, 6) is 0.338. The molecule has 1 saturated heterocycles. The van der Waals surface area contributed by atoms with Crippen LogP contribution in [0.25, 0.3) is 10.9 Å². The van der Waals surface area contributed by atoms with E-state index in [2.05, 4.69) is 25.2 Å². The SMILES string of the molecule is O[C@@H]1[C@@H](Oc2cc3ccccc3[nH]2)[C@@H](O)[C@@](Br)(COCl)O[C@@H]1O. The summed E-state index contributed by atoms with van der Waals surface area (Å²) in [5, 5.41) is 31.3. The van der Waals surface area contributed by atoms with Crippen LogP contribution < -0.4 is 4.74 Å². The van der Waals surface area contributed by atoms with Gasteiger partial charge in [-0.1, -0.05) is 18.2 Å². The maximum Gasteiger partial charge on any atom is 0.192 e. The zero-order valence-electron chi connectivity index (χ0n) is 11.7. The van der Waals surface area contributed by atoms with Gasteiger partial charge in [-0.25, -0.2) is 0 Å². The number of hydrogen-bond acceptors (Lipinski definition) is 6. The Bertz CT molecular complexity index is 651. The Labute approximate surface area is 145 Å². The Hall–Kier alpha value is -0.870. The Kier molecular flexibility index (Phi) is 4.84. The highest BCUT2D eigenvalue weighted by molar-refractivity contribution is 9.10. The summed E-state index contributed by atoms with van der Waals surface area (Å²) in [7, 11) is 0. The zero-order valence-corrected chi connectivity index (χ0v) is 14.1. The lowest BCUT2D eigenvalue weighted by atomic mass is 9.99. The highest BCUT2D eigenvalue weighted by atomic mass is 79.9. The van der Waals surface area contributed by atoms with Crippen LogP contribution in [0, 0.1) is 0 Å². The molecule has 1 fully saturated rings. The number of aliphatic hydroxyl groups is 3. The molecule has 0 unspecified atom stereocenters. The number of aliphatic hydroxyl groups excluding tert-OH is 3. The number of aromatic amines is 1. The van der Waals surface area contributed by atoms with E-state index in [1.165, 1.54) is 0 Å². The van der Waals surface area contributed by atoms with Gasteiger partial charge in [-0.15, -0.1) is 0 Å². The fourth-order valence-electron chi connectivity index (χ4n) is 2.52. The van der Waals surface area contributed by atoms with Gasteiger partial charge in [0.05, 0.1) is 11.9 Å². The second-order valence-corrected chi connectivity index (χ2v) is 6.85. The van der Waals surface area contributed by atoms with Crippen molar-refractivity contribution in [1.82, 2.24) is 4.98 Å². The van der Waals surface area contributed by atoms with E-state index in [0.717, 1.165) is 10.9 Å². The third kappa shape index (κ3) is 3.20. The van der Waals surface area contributed by atoms with Crippen molar-refractivity contribution >= 4 is 38.7 Å². The van der Waals surface area contributed by atoms with E-state index in [-0.39, 0.29) is 6.61 Å². The van der Waals surface area contributed by atoms with Crippen molar-refractivity contribution in [3.63, 3.8) is 0 Å². The number of nitrogens with one attached hydrogen (secondary N) is 1. The second-order valence-electron chi connectivity index (χ2n) is 5.29. The van der Waals surface area contributed by atoms with Crippen molar-refractivity contribution in [1.29, 1.82) is 0 Å². The second kappa shape index (κ2) is 6.56. The molecule has 0 radical (unpaired) electrons. The van der Waals surface area contributed by atoms with Crippen LogP contribution in [0.1, 0.15) is 0 Å². The lowest BCUT2D eigenvalue weighted by molar-refractivity contribution is -0.290. The molecule has 0 amide bonds. The highest BCUT2D eigenvalue weighted by Crippen LogP contribution is 2.37. The monoisotopic (exact) mass is 407 g/mol. The largest absolute Gasteiger partial charge is 0.470 e. The number of rotatable bonds is 4. The number of aromatic nitrogens is 1. The fraction of sp³-hybridized carbons (Fsp3) is 0.429. The molecular formula is C14H15BrClNO6. The van der Waals surface area contributed by atoms with Crippen molar-refractivity contribution in [3.8, 4) is 5.88 Å². The predicted molar refractivity (Wildman–Crippen MR) is 85.3 cm³/mol. The summed E-state index contributed by atoms with van der Waals surface area (Å²) in [6.45, 7) is -0.272. The molecule has 0 bridgehead atoms. The number of para-hydroxylation sites is 1. The first-order valence-electron chi connectivity index (χ1n) is 6.83. The minimum Gasteiger partial charge on any atom is -0.470 e. The van der Waals surface area contributed by atoms with Gasteiger partial charge >= 0.3 is 0 Å². The Morgan fingerprint density at radius 1 is 1.30 bits per heavy atom. The minimum atomic E-state index is -1.58. The van der Waals surface area contributed by atoms with Crippen LogP contribution in [-0.4, -0.2) is 56.0 Å². The van der Waals surface area contributed by atoms with Crippen molar-refractivity contribution < 1.29 is 29.1 Å². The van der Waals surface area contributed by atoms with E-state index in [0.29, 0.717) is 5.88 Å². The average molecular weight is 409 g/mol. The maximum absolute atomic E-state index is 10.4. The smallest absolute Gasteiger partial charge is 0.192 e. The van der Waals surface area contributed by atoms with E-state index in [4.69, 9.17) is 21.3 Å². The van der Waals surface area contributed by atoms with Crippen molar-refractivity contribution in [3.05, 3.63) is 30.3 Å². The number of H-pyrrole nitrogens is 1. The zero-order chi connectivity index (χ0) is 16.6. The molecule has 1 aromatic heterocycles. The first-order valence-corrected chi connectivity index (χ1v) is 7.93. The van der Waals surface area contributed by atoms with Crippen LogP contribution in [0.5, 0.6) is 5.88 Å². The molecule has 4 N–H and O–H groups in total. The molecule has 3 rings (SSSR count). The molecule has 0 aliphatic carbocycles.